The van der Waals surface area contributed by atoms with Crippen molar-refractivity contribution in [1.82, 2.24) is 5.32 Å². The number of phenols is 1. The maximum absolute atomic E-state index is 13.5. The van der Waals surface area contributed by atoms with Gasteiger partial charge in [0.05, 0.1) is 5.56 Å². The molecule has 0 saturated heterocycles. The van der Waals surface area contributed by atoms with Crippen LogP contribution in [0.4, 0.5) is 10.1 Å². The Morgan fingerprint density at radius 1 is 1.09 bits per heavy atom. The summed E-state index contributed by atoms with van der Waals surface area (Å²) < 4.78 is 13.5. The van der Waals surface area contributed by atoms with Gasteiger partial charge in [0.2, 0.25) is 0 Å². The van der Waals surface area contributed by atoms with Gasteiger partial charge in [-0.25, -0.2) is 9.18 Å². The summed E-state index contributed by atoms with van der Waals surface area (Å²) >= 11 is 4.92. The molecule has 0 spiro atoms. The van der Waals surface area contributed by atoms with Crippen LogP contribution in [0.15, 0.2) is 42.5 Å². The second-order valence-electron chi connectivity index (χ2n) is 4.43. The van der Waals surface area contributed by atoms with Gasteiger partial charge in [0.15, 0.2) is 5.11 Å². The van der Waals surface area contributed by atoms with Crippen LogP contribution >= 0.6 is 12.2 Å². The van der Waals surface area contributed by atoms with E-state index in [9.17, 15) is 19.1 Å². The molecule has 0 fully saturated rings. The first-order chi connectivity index (χ1) is 10.9. The van der Waals surface area contributed by atoms with E-state index < -0.39 is 23.4 Å². The van der Waals surface area contributed by atoms with Crippen LogP contribution in [0.2, 0.25) is 0 Å². The van der Waals surface area contributed by atoms with Gasteiger partial charge in [0, 0.05) is 11.8 Å². The molecule has 0 aliphatic rings. The Bertz CT molecular complexity index is 795. The first-order valence-corrected chi connectivity index (χ1v) is 6.72. The Labute approximate surface area is 135 Å². The summed E-state index contributed by atoms with van der Waals surface area (Å²) in [6.07, 6.45) is 0. The number of rotatable bonds is 3. The van der Waals surface area contributed by atoms with Crippen LogP contribution in [0.5, 0.6) is 5.75 Å². The molecule has 23 heavy (non-hydrogen) atoms. The standard InChI is InChI=1S/C15H11FN2O4S/c16-11-4-2-1-3-9(11)13(20)18-15(23)17-8-5-6-10(14(21)22)12(19)7-8/h1-7,19H,(H,21,22)(H2,17,18,20,23). The molecule has 2 rings (SSSR count). The number of amides is 1. The summed E-state index contributed by atoms with van der Waals surface area (Å²) in [6, 6.07) is 9.11. The topological polar surface area (TPSA) is 98.7 Å². The van der Waals surface area contributed by atoms with E-state index >= 15 is 0 Å². The fourth-order valence-electron chi connectivity index (χ4n) is 1.77. The van der Waals surface area contributed by atoms with Gasteiger partial charge < -0.3 is 15.5 Å². The van der Waals surface area contributed by atoms with Crippen molar-refractivity contribution in [2.75, 3.05) is 5.32 Å². The number of halogens is 1. The molecule has 0 aromatic heterocycles. The second-order valence-corrected chi connectivity index (χ2v) is 4.83. The molecule has 0 radical (unpaired) electrons. The molecule has 4 N–H and O–H groups in total. The van der Waals surface area contributed by atoms with Crippen LogP contribution in [0, 0.1) is 5.82 Å². The smallest absolute Gasteiger partial charge is 0.339 e. The molecule has 1 amide bonds. The number of carboxylic acid groups (broad SMARTS) is 1. The molecule has 0 heterocycles. The van der Waals surface area contributed by atoms with Gasteiger partial charge in [-0.05, 0) is 36.5 Å². The Balaban J connectivity index is 2.05. The second kappa shape index (κ2) is 6.84. The highest BCUT2D eigenvalue weighted by Crippen LogP contribution is 2.21. The molecular formula is C15H11FN2O4S. The number of carbonyl (C=O) groups excluding carboxylic acids is 1. The van der Waals surface area contributed by atoms with E-state index in [2.05, 4.69) is 10.6 Å². The third-order valence-corrected chi connectivity index (χ3v) is 3.04. The van der Waals surface area contributed by atoms with E-state index in [1.54, 1.807) is 0 Å². The van der Waals surface area contributed by atoms with E-state index in [0.717, 1.165) is 12.1 Å². The average molecular weight is 334 g/mol. The normalized spacial score (nSPS) is 9.96. The number of aromatic carboxylic acids is 1. The van der Waals surface area contributed by atoms with Crippen LogP contribution < -0.4 is 10.6 Å². The SMILES string of the molecule is O=C(O)c1ccc(NC(=S)NC(=O)c2ccccc2F)cc1O. The van der Waals surface area contributed by atoms with Crippen LogP contribution in [0.25, 0.3) is 0 Å². The number of anilines is 1. The van der Waals surface area contributed by atoms with Crippen molar-refractivity contribution in [3.05, 3.63) is 59.4 Å². The van der Waals surface area contributed by atoms with Gasteiger partial charge in [-0.15, -0.1) is 0 Å². The molecule has 0 aliphatic carbocycles. The van der Waals surface area contributed by atoms with Gasteiger partial charge in [-0.3, -0.25) is 10.1 Å². The van der Waals surface area contributed by atoms with Crippen molar-refractivity contribution in [3.8, 4) is 5.75 Å². The minimum absolute atomic E-state index is 0.124. The van der Waals surface area contributed by atoms with Gasteiger partial charge >= 0.3 is 5.97 Å². The van der Waals surface area contributed by atoms with Gasteiger partial charge in [-0.1, -0.05) is 12.1 Å². The Hall–Kier alpha value is -3.00. The van der Waals surface area contributed by atoms with Crippen molar-refractivity contribution >= 4 is 34.9 Å². The summed E-state index contributed by atoms with van der Waals surface area (Å²) in [4.78, 5) is 22.7. The van der Waals surface area contributed by atoms with Gasteiger partial charge in [0.25, 0.3) is 5.91 Å². The Morgan fingerprint density at radius 3 is 2.39 bits per heavy atom. The molecule has 0 saturated carbocycles. The lowest BCUT2D eigenvalue weighted by Gasteiger charge is -2.11. The van der Waals surface area contributed by atoms with Crippen LogP contribution in [0.1, 0.15) is 20.7 Å². The molecule has 0 bridgehead atoms. The van der Waals surface area contributed by atoms with E-state index in [1.165, 1.54) is 30.3 Å². The predicted molar refractivity (Wildman–Crippen MR) is 85.2 cm³/mol. The number of hydrogen-bond donors (Lipinski definition) is 4. The molecular weight excluding hydrogens is 323 g/mol. The molecule has 118 valence electrons. The van der Waals surface area contributed by atoms with Crippen molar-refractivity contribution in [3.63, 3.8) is 0 Å². The minimum atomic E-state index is -1.27. The highest BCUT2D eigenvalue weighted by Gasteiger charge is 2.13. The van der Waals surface area contributed by atoms with E-state index in [1.807, 2.05) is 0 Å². The summed E-state index contributed by atoms with van der Waals surface area (Å²) in [6.45, 7) is 0. The number of nitrogens with one attached hydrogen (secondary N) is 2. The first kappa shape index (κ1) is 16.4. The summed E-state index contributed by atoms with van der Waals surface area (Å²) in [5.74, 6) is -3.14. The van der Waals surface area contributed by atoms with E-state index in [4.69, 9.17) is 17.3 Å². The lowest BCUT2D eigenvalue weighted by molar-refractivity contribution is 0.0693. The maximum atomic E-state index is 13.5. The highest BCUT2D eigenvalue weighted by molar-refractivity contribution is 7.80. The Kier molecular flexibility index (Phi) is 4.87. The molecule has 2 aromatic rings. The molecule has 0 unspecified atom stereocenters. The van der Waals surface area contributed by atoms with Crippen molar-refractivity contribution in [1.29, 1.82) is 0 Å². The van der Waals surface area contributed by atoms with Crippen molar-refractivity contribution < 1.29 is 24.2 Å². The zero-order valence-electron chi connectivity index (χ0n) is 11.5. The van der Waals surface area contributed by atoms with Crippen LogP contribution in [0.3, 0.4) is 0 Å². The zero-order chi connectivity index (χ0) is 17.0. The van der Waals surface area contributed by atoms with Gasteiger partial charge in [0.1, 0.15) is 17.1 Å². The molecule has 2 aromatic carbocycles. The van der Waals surface area contributed by atoms with Crippen LogP contribution in [-0.2, 0) is 0 Å². The predicted octanol–water partition coefficient (Wildman–Crippen LogP) is 2.36. The van der Waals surface area contributed by atoms with Crippen LogP contribution in [-0.4, -0.2) is 27.2 Å². The number of aromatic hydroxyl groups is 1. The quantitative estimate of drug-likeness (QED) is 0.643. The lowest BCUT2D eigenvalue weighted by Crippen LogP contribution is -2.34. The number of thiocarbonyl (C=S) groups is 1. The lowest BCUT2D eigenvalue weighted by atomic mass is 10.2. The fourth-order valence-corrected chi connectivity index (χ4v) is 1.98. The molecule has 6 nitrogen and oxygen atoms in total. The molecule has 8 heteroatoms. The third-order valence-electron chi connectivity index (χ3n) is 2.83. The fraction of sp³-hybridized carbons (Fsp3) is 0. The molecule has 0 aliphatic heterocycles. The zero-order valence-corrected chi connectivity index (χ0v) is 12.4. The number of carbonyl (C=O) groups is 2. The van der Waals surface area contributed by atoms with Gasteiger partial charge in [-0.2, -0.15) is 0 Å². The number of benzene rings is 2. The maximum Gasteiger partial charge on any atom is 0.339 e. The summed E-state index contributed by atoms with van der Waals surface area (Å²) in [5.41, 5.74) is -0.163. The third kappa shape index (κ3) is 4.01. The van der Waals surface area contributed by atoms with Crippen molar-refractivity contribution in [2.24, 2.45) is 0 Å². The number of hydrogen-bond acceptors (Lipinski definition) is 4. The molecule has 0 atom stereocenters. The highest BCUT2D eigenvalue weighted by atomic mass is 32.1. The van der Waals surface area contributed by atoms with E-state index in [-0.39, 0.29) is 21.9 Å². The summed E-state index contributed by atoms with van der Waals surface area (Å²) in [5, 5.41) is 23.1. The van der Waals surface area contributed by atoms with Crippen molar-refractivity contribution in [2.45, 2.75) is 0 Å². The largest absolute Gasteiger partial charge is 0.507 e. The summed E-state index contributed by atoms with van der Waals surface area (Å²) in [7, 11) is 0. The average Bonchev–Trinajstić information content (AvgIpc) is 2.47. The van der Waals surface area contributed by atoms with E-state index in [0.29, 0.717) is 0 Å². The first-order valence-electron chi connectivity index (χ1n) is 6.31. The monoisotopic (exact) mass is 334 g/mol. The minimum Gasteiger partial charge on any atom is -0.507 e. The number of carboxylic acids is 1. The Morgan fingerprint density at radius 2 is 1.78 bits per heavy atom.